The van der Waals surface area contributed by atoms with E-state index < -0.39 is 10.0 Å². The number of anilines is 1. The highest BCUT2D eigenvalue weighted by Crippen LogP contribution is 2.19. The van der Waals surface area contributed by atoms with Crippen molar-refractivity contribution in [2.75, 3.05) is 18.4 Å². The summed E-state index contributed by atoms with van der Waals surface area (Å²) in [6.07, 6.45) is 1.09. The zero-order valence-electron chi connectivity index (χ0n) is 16.5. The lowest BCUT2D eigenvalue weighted by Gasteiger charge is -2.32. The van der Waals surface area contributed by atoms with Gasteiger partial charge in [-0.3, -0.25) is 9.59 Å². The molecule has 0 spiro atoms. The van der Waals surface area contributed by atoms with Gasteiger partial charge >= 0.3 is 0 Å². The van der Waals surface area contributed by atoms with E-state index >= 15 is 0 Å². The highest BCUT2D eigenvalue weighted by molar-refractivity contribution is 7.89. The van der Waals surface area contributed by atoms with Gasteiger partial charge in [0.2, 0.25) is 15.9 Å². The Morgan fingerprint density at radius 3 is 2.31 bits per heavy atom. The van der Waals surface area contributed by atoms with Crippen LogP contribution >= 0.6 is 0 Å². The molecule has 0 saturated carbocycles. The summed E-state index contributed by atoms with van der Waals surface area (Å²) < 4.78 is 27.8. The summed E-state index contributed by atoms with van der Waals surface area (Å²) in [5.41, 5.74) is 2.07. The van der Waals surface area contributed by atoms with Crippen LogP contribution in [-0.2, 0) is 14.8 Å². The van der Waals surface area contributed by atoms with Crippen LogP contribution in [0.3, 0.4) is 0 Å². The van der Waals surface area contributed by atoms with Crippen molar-refractivity contribution in [1.29, 1.82) is 0 Å². The van der Waals surface area contributed by atoms with Crippen molar-refractivity contribution >= 4 is 27.5 Å². The molecule has 7 nitrogen and oxygen atoms in total. The molecule has 1 heterocycles. The van der Waals surface area contributed by atoms with Gasteiger partial charge in [-0.15, -0.1) is 0 Å². The summed E-state index contributed by atoms with van der Waals surface area (Å²) in [7, 11) is -3.58. The van der Waals surface area contributed by atoms with Gasteiger partial charge in [-0.2, -0.15) is 0 Å². The Hall–Kier alpha value is -2.71. The van der Waals surface area contributed by atoms with Gasteiger partial charge in [0.15, 0.2) is 0 Å². The predicted molar refractivity (Wildman–Crippen MR) is 111 cm³/mol. The normalized spacial score (nSPS) is 15.2. The molecular formula is C21H25N3O4S. The maximum atomic E-state index is 12.8. The molecule has 2 aromatic rings. The van der Waals surface area contributed by atoms with Crippen LogP contribution in [0.1, 0.15) is 35.7 Å². The molecule has 0 aromatic heterocycles. The Balaban J connectivity index is 1.59. The zero-order valence-corrected chi connectivity index (χ0v) is 17.3. The minimum atomic E-state index is -3.58. The van der Waals surface area contributed by atoms with Crippen LogP contribution in [0.25, 0.3) is 0 Å². The molecule has 2 aromatic carbocycles. The topological polar surface area (TPSA) is 95.6 Å². The third-order valence-corrected chi connectivity index (χ3v) is 6.40. The molecule has 0 aliphatic carbocycles. The number of hydrogen-bond acceptors (Lipinski definition) is 4. The van der Waals surface area contributed by atoms with Gasteiger partial charge in [0.25, 0.3) is 5.91 Å². The number of benzene rings is 2. The molecule has 1 fully saturated rings. The molecule has 154 valence electrons. The second-order valence-corrected chi connectivity index (χ2v) is 8.98. The summed E-state index contributed by atoms with van der Waals surface area (Å²) in [6.45, 7) is 4.24. The molecule has 0 radical (unpaired) electrons. The first kappa shape index (κ1) is 21.0. The Kier molecular flexibility index (Phi) is 6.34. The average Bonchev–Trinajstić information content (AvgIpc) is 2.68. The van der Waals surface area contributed by atoms with E-state index in [0.29, 0.717) is 37.2 Å². The van der Waals surface area contributed by atoms with Gasteiger partial charge in [-0.1, -0.05) is 23.8 Å². The van der Waals surface area contributed by atoms with Crippen LogP contribution in [0.4, 0.5) is 5.69 Å². The van der Waals surface area contributed by atoms with Crippen LogP contribution in [0.5, 0.6) is 0 Å². The van der Waals surface area contributed by atoms with Crippen molar-refractivity contribution in [2.45, 2.75) is 37.6 Å². The molecule has 0 bridgehead atoms. The number of sulfonamides is 1. The molecule has 3 rings (SSSR count). The Morgan fingerprint density at radius 2 is 1.69 bits per heavy atom. The maximum absolute atomic E-state index is 12.8. The van der Waals surface area contributed by atoms with Gasteiger partial charge in [0.05, 0.1) is 4.90 Å². The second-order valence-electron chi connectivity index (χ2n) is 7.26. The quantitative estimate of drug-likeness (QED) is 0.784. The fourth-order valence-electron chi connectivity index (χ4n) is 3.32. The van der Waals surface area contributed by atoms with Crippen LogP contribution in [0, 0.1) is 6.92 Å². The molecule has 0 unspecified atom stereocenters. The summed E-state index contributed by atoms with van der Waals surface area (Å²) in [4.78, 5) is 25.9. The van der Waals surface area contributed by atoms with Gasteiger partial charge in [-0.05, 0) is 50.1 Å². The SMILES string of the molecule is CC(=O)Nc1cccc(C(=O)N2CCC(NS(=O)(=O)c3ccc(C)cc3)CC2)c1. The second kappa shape index (κ2) is 8.75. The number of piperidine rings is 1. The predicted octanol–water partition coefficient (Wildman–Crippen LogP) is 2.54. The lowest BCUT2D eigenvalue weighted by Crippen LogP contribution is -2.46. The van der Waals surface area contributed by atoms with E-state index in [-0.39, 0.29) is 22.8 Å². The molecule has 1 aliphatic rings. The van der Waals surface area contributed by atoms with Crippen molar-refractivity contribution in [3.8, 4) is 0 Å². The summed E-state index contributed by atoms with van der Waals surface area (Å²) in [5.74, 6) is -0.326. The van der Waals surface area contributed by atoms with Crippen LogP contribution in [0.15, 0.2) is 53.4 Å². The number of rotatable bonds is 5. The Bertz CT molecular complexity index is 995. The van der Waals surface area contributed by atoms with Crippen molar-refractivity contribution in [1.82, 2.24) is 9.62 Å². The van der Waals surface area contributed by atoms with Gasteiger partial charge in [-0.25, -0.2) is 13.1 Å². The van der Waals surface area contributed by atoms with E-state index in [2.05, 4.69) is 10.0 Å². The third kappa shape index (κ3) is 5.42. The average molecular weight is 416 g/mol. The lowest BCUT2D eigenvalue weighted by atomic mass is 10.0. The van der Waals surface area contributed by atoms with Crippen LogP contribution < -0.4 is 10.0 Å². The van der Waals surface area contributed by atoms with Gasteiger partial charge < -0.3 is 10.2 Å². The smallest absolute Gasteiger partial charge is 0.253 e. The Morgan fingerprint density at radius 1 is 1.03 bits per heavy atom. The number of hydrogen-bond donors (Lipinski definition) is 2. The van der Waals surface area contributed by atoms with Crippen molar-refractivity contribution in [3.63, 3.8) is 0 Å². The third-order valence-electron chi connectivity index (χ3n) is 4.87. The van der Waals surface area contributed by atoms with E-state index in [1.165, 1.54) is 6.92 Å². The number of aryl methyl sites for hydroxylation is 1. The number of nitrogens with one attached hydrogen (secondary N) is 2. The van der Waals surface area contributed by atoms with Crippen LogP contribution in [-0.4, -0.2) is 44.3 Å². The van der Waals surface area contributed by atoms with E-state index in [9.17, 15) is 18.0 Å². The van der Waals surface area contributed by atoms with Gasteiger partial charge in [0, 0.05) is 37.3 Å². The van der Waals surface area contributed by atoms with E-state index in [0.717, 1.165) is 5.56 Å². The minimum Gasteiger partial charge on any atom is -0.339 e. The fraction of sp³-hybridized carbons (Fsp3) is 0.333. The molecule has 2 amide bonds. The molecule has 29 heavy (non-hydrogen) atoms. The standard InChI is InChI=1S/C21H25N3O4S/c1-15-6-8-20(9-7-15)29(27,28)23-18-10-12-24(13-11-18)21(26)17-4-3-5-19(14-17)22-16(2)25/h3-9,14,18,23H,10-13H2,1-2H3,(H,22,25). The summed E-state index contributed by atoms with van der Waals surface area (Å²) >= 11 is 0. The lowest BCUT2D eigenvalue weighted by molar-refractivity contribution is -0.114. The first-order chi connectivity index (χ1) is 13.7. The number of carbonyl (C=O) groups excluding carboxylic acids is 2. The van der Waals surface area contributed by atoms with E-state index in [4.69, 9.17) is 0 Å². The largest absolute Gasteiger partial charge is 0.339 e. The molecule has 0 atom stereocenters. The molecule has 1 saturated heterocycles. The number of amides is 2. The van der Waals surface area contributed by atoms with Crippen LogP contribution in [0.2, 0.25) is 0 Å². The first-order valence-corrected chi connectivity index (χ1v) is 11.0. The van der Waals surface area contributed by atoms with Gasteiger partial charge in [0.1, 0.15) is 0 Å². The Labute approximate surface area is 171 Å². The highest BCUT2D eigenvalue weighted by atomic mass is 32.2. The highest BCUT2D eigenvalue weighted by Gasteiger charge is 2.27. The fourth-order valence-corrected chi connectivity index (χ4v) is 4.63. The van der Waals surface area contributed by atoms with E-state index in [1.54, 1.807) is 53.4 Å². The first-order valence-electron chi connectivity index (χ1n) is 9.50. The molecule has 1 aliphatic heterocycles. The molecule has 2 N–H and O–H groups in total. The maximum Gasteiger partial charge on any atom is 0.253 e. The number of nitrogens with zero attached hydrogens (tertiary/aromatic N) is 1. The summed E-state index contributed by atoms with van der Waals surface area (Å²) in [5, 5.41) is 2.67. The molecule has 8 heteroatoms. The molecular weight excluding hydrogens is 390 g/mol. The van der Waals surface area contributed by atoms with Crippen molar-refractivity contribution in [2.24, 2.45) is 0 Å². The number of carbonyl (C=O) groups is 2. The van der Waals surface area contributed by atoms with Crippen molar-refractivity contribution in [3.05, 3.63) is 59.7 Å². The number of likely N-dealkylation sites (tertiary alicyclic amines) is 1. The van der Waals surface area contributed by atoms with E-state index in [1.807, 2.05) is 6.92 Å². The minimum absolute atomic E-state index is 0.128. The monoisotopic (exact) mass is 415 g/mol. The van der Waals surface area contributed by atoms with Crippen molar-refractivity contribution < 1.29 is 18.0 Å². The zero-order chi connectivity index (χ0) is 21.0. The summed E-state index contributed by atoms with van der Waals surface area (Å²) in [6, 6.07) is 13.3.